The van der Waals surface area contributed by atoms with Crippen molar-refractivity contribution in [1.82, 2.24) is 4.98 Å². The number of nitrogens with zero attached hydrogens (tertiary/aromatic N) is 1. The molecule has 0 saturated carbocycles. The van der Waals surface area contributed by atoms with Gasteiger partial charge in [-0.05, 0) is 42.5 Å². The molecule has 1 heterocycles. The van der Waals surface area contributed by atoms with Crippen molar-refractivity contribution in [3.63, 3.8) is 0 Å². The Hall–Kier alpha value is -3.08. The molecule has 1 N–H and O–H groups in total. The Balaban J connectivity index is 1.85. The van der Waals surface area contributed by atoms with Crippen LogP contribution >= 0.6 is 0 Å². The Labute approximate surface area is 132 Å². The van der Waals surface area contributed by atoms with E-state index in [0.29, 0.717) is 11.6 Å². The standard InChI is InChI=1S/C18H14FNO3/c1-22-13-7-5-12(6-8-13)16-3-2-4-18(20-16)23-14-9-10-15(19)17(21)11-14/h2-11,21H,1H3. The van der Waals surface area contributed by atoms with E-state index in [9.17, 15) is 9.50 Å². The van der Waals surface area contributed by atoms with Crippen molar-refractivity contribution in [3.8, 4) is 34.4 Å². The molecule has 0 aliphatic rings. The van der Waals surface area contributed by atoms with E-state index in [4.69, 9.17) is 9.47 Å². The van der Waals surface area contributed by atoms with E-state index >= 15 is 0 Å². The lowest BCUT2D eigenvalue weighted by molar-refractivity contribution is 0.415. The average Bonchev–Trinajstić information content (AvgIpc) is 2.58. The largest absolute Gasteiger partial charge is 0.505 e. The monoisotopic (exact) mass is 311 g/mol. The number of aromatic nitrogens is 1. The van der Waals surface area contributed by atoms with E-state index in [1.807, 2.05) is 36.4 Å². The average molecular weight is 311 g/mol. The highest BCUT2D eigenvalue weighted by Gasteiger charge is 2.06. The van der Waals surface area contributed by atoms with Crippen LogP contribution in [0.4, 0.5) is 4.39 Å². The van der Waals surface area contributed by atoms with Crippen LogP contribution in [0.3, 0.4) is 0 Å². The Morgan fingerprint density at radius 2 is 1.70 bits per heavy atom. The zero-order valence-corrected chi connectivity index (χ0v) is 12.4. The number of rotatable bonds is 4. The first-order valence-corrected chi connectivity index (χ1v) is 6.93. The number of phenolic OH excluding ortho intramolecular Hbond substituents is 1. The second kappa shape index (κ2) is 6.36. The number of benzene rings is 2. The lowest BCUT2D eigenvalue weighted by atomic mass is 10.1. The van der Waals surface area contributed by atoms with Gasteiger partial charge in [0.2, 0.25) is 5.88 Å². The van der Waals surface area contributed by atoms with Gasteiger partial charge in [-0.1, -0.05) is 6.07 Å². The molecule has 0 aliphatic heterocycles. The first-order valence-electron chi connectivity index (χ1n) is 6.93. The highest BCUT2D eigenvalue weighted by molar-refractivity contribution is 5.60. The van der Waals surface area contributed by atoms with Gasteiger partial charge in [-0.2, -0.15) is 0 Å². The molecule has 2 aromatic carbocycles. The summed E-state index contributed by atoms with van der Waals surface area (Å²) in [6, 6.07) is 16.6. The van der Waals surface area contributed by atoms with E-state index in [0.717, 1.165) is 23.1 Å². The number of pyridine rings is 1. The van der Waals surface area contributed by atoms with Crippen LogP contribution in [0.15, 0.2) is 60.7 Å². The van der Waals surface area contributed by atoms with E-state index < -0.39 is 11.6 Å². The number of aromatic hydroxyl groups is 1. The predicted octanol–water partition coefficient (Wildman–Crippen LogP) is 4.39. The zero-order chi connectivity index (χ0) is 16.2. The van der Waals surface area contributed by atoms with Crippen LogP contribution in [0.25, 0.3) is 11.3 Å². The first-order chi connectivity index (χ1) is 11.2. The van der Waals surface area contributed by atoms with E-state index in [2.05, 4.69) is 4.98 Å². The minimum absolute atomic E-state index is 0.309. The molecule has 0 spiro atoms. The molecule has 0 saturated heterocycles. The summed E-state index contributed by atoms with van der Waals surface area (Å²) in [4.78, 5) is 4.41. The van der Waals surface area contributed by atoms with Crippen LogP contribution in [-0.2, 0) is 0 Å². The molecule has 5 heteroatoms. The summed E-state index contributed by atoms with van der Waals surface area (Å²) in [5, 5.41) is 9.37. The smallest absolute Gasteiger partial charge is 0.219 e. The van der Waals surface area contributed by atoms with E-state index in [1.165, 1.54) is 12.1 Å². The van der Waals surface area contributed by atoms with E-state index in [-0.39, 0.29) is 0 Å². The minimum Gasteiger partial charge on any atom is -0.505 e. The Kier molecular flexibility index (Phi) is 4.10. The van der Waals surface area contributed by atoms with Gasteiger partial charge < -0.3 is 14.6 Å². The lowest BCUT2D eigenvalue weighted by Crippen LogP contribution is -1.91. The molecule has 0 fully saturated rings. The fraction of sp³-hybridized carbons (Fsp3) is 0.0556. The Morgan fingerprint density at radius 3 is 2.39 bits per heavy atom. The van der Waals surface area contributed by atoms with Crippen molar-refractivity contribution in [2.45, 2.75) is 0 Å². The summed E-state index contributed by atoms with van der Waals surface area (Å²) in [5.74, 6) is 0.265. The number of ether oxygens (including phenoxy) is 2. The third-order valence-electron chi connectivity index (χ3n) is 3.25. The van der Waals surface area contributed by atoms with Gasteiger partial charge in [0.25, 0.3) is 0 Å². The fourth-order valence-electron chi connectivity index (χ4n) is 2.07. The third-order valence-corrected chi connectivity index (χ3v) is 3.25. The van der Waals surface area contributed by atoms with Crippen molar-refractivity contribution in [1.29, 1.82) is 0 Å². The van der Waals surface area contributed by atoms with Crippen molar-refractivity contribution in [2.75, 3.05) is 7.11 Å². The second-order valence-electron chi connectivity index (χ2n) is 4.80. The maximum Gasteiger partial charge on any atom is 0.219 e. The van der Waals surface area contributed by atoms with E-state index in [1.54, 1.807) is 13.2 Å². The van der Waals surface area contributed by atoms with Crippen LogP contribution in [0.1, 0.15) is 0 Å². The maximum absolute atomic E-state index is 13.1. The van der Waals surface area contributed by atoms with Crippen LogP contribution in [0, 0.1) is 5.82 Å². The lowest BCUT2D eigenvalue weighted by Gasteiger charge is -2.08. The summed E-state index contributed by atoms with van der Waals surface area (Å²) in [6.07, 6.45) is 0. The molecule has 3 rings (SSSR count). The molecule has 0 radical (unpaired) electrons. The van der Waals surface area contributed by atoms with Crippen LogP contribution in [-0.4, -0.2) is 17.2 Å². The number of methoxy groups -OCH3 is 1. The molecule has 0 unspecified atom stereocenters. The molecule has 1 aromatic heterocycles. The molecule has 116 valence electrons. The Morgan fingerprint density at radius 1 is 0.957 bits per heavy atom. The number of hydrogen-bond donors (Lipinski definition) is 1. The first kappa shape index (κ1) is 14.8. The summed E-state index contributed by atoms with van der Waals surface area (Å²) < 4.78 is 23.7. The topological polar surface area (TPSA) is 51.6 Å². The third kappa shape index (κ3) is 3.40. The van der Waals surface area contributed by atoms with Gasteiger partial charge in [0.15, 0.2) is 11.6 Å². The van der Waals surface area contributed by atoms with Crippen molar-refractivity contribution >= 4 is 0 Å². The van der Waals surface area contributed by atoms with Gasteiger partial charge in [0.1, 0.15) is 11.5 Å². The SMILES string of the molecule is COc1ccc(-c2cccc(Oc3ccc(F)c(O)c3)n2)cc1. The zero-order valence-electron chi connectivity index (χ0n) is 12.4. The summed E-state index contributed by atoms with van der Waals surface area (Å²) in [7, 11) is 1.61. The Bertz CT molecular complexity index is 819. The van der Waals surface area contributed by atoms with Crippen molar-refractivity contribution in [2.24, 2.45) is 0 Å². The highest BCUT2D eigenvalue weighted by Crippen LogP contribution is 2.28. The van der Waals surface area contributed by atoms with Crippen molar-refractivity contribution in [3.05, 3.63) is 66.5 Å². The van der Waals surface area contributed by atoms with Gasteiger partial charge in [-0.15, -0.1) is 0 Å². The molecule has 0 amide bonds. The summed E-state index contributed by atoms with van der Waals surface area (Å²) in [5.41, 5.74) is 1.65. The quantitative estimate of drug-likeness (QED) is 0.776. The molecule has 4 nitrogen and oxygen atoms in total. The second-order valence-corrected chi connectivity index (χ2v) is 4.80. The molecule has 23 heavy (non-hydrogen) atoms. The number of halogens is 1. The van der Waals surface area contributed by atoms with Gasteiger partial charge in [0.05, 0.1) is 12.8 Å². The summed E-state index contributed by atoms with van der Waals surface area (Å²) in [6.45, 7) is 0. The van der Waals surface area contributed by atoms with Gasteiger partial charge in [-0.25, -0.2) is 9.37 Å². The molecule has 0 bridgehead atoms. The number of phenols is 1. The predicted molar refractivity (Wildman–Crippen MR) is 84.4 cm³/mol. The number of hydrogen-bond acceptors (Lipinski definition) is 4. The van der Waals surface area contributed by atoms with Gasteiger partial charge in [-0.3, -0.25) is 0 Å². The van der Waals surface area contributed by atoms with Gasteiger partial charge in [0, 0.05) is 17.7 Å². The van der Waals surface area contributed by atoms with Gasteiger partial charge >= 0.3 is 0 Å². The van der Waals surface area contributed by atoms with Crippen LogP contribution < -0.4 is 9.47 Å². The van der Waals surface area contributed by atoms with Crippen LogP contribution in [0.2, 0.25) is 0 Å². The minimum atomic E-state index is -0.697. The normalized spacial score (nSPS) is 10.3. The van der Waals surface area contributed by atoms with Crippen LogP contribution in [0.5, 0.6) is 23.1 Å². The fourth-order valence-corrected chi connectivity index (χ4v) is 2.07. The molecule has 0 atom stereocenters. The maximum atomic E-state index is 13.1. The summed E-state index contributed by atoms with van der Waals surface area (Å²) >= 11 is 0. The molecular weight excluding hydrogens is 297 g/mol. The molecule has 0 aliphatic carbocycles. The highest BCUT2D eigenvalue weighted by atomic mass is 19.1. The molecular formula is C18H14FNO3. The molecule has 3 aromatic rings. The van der Waals surface area contributed by atoms with Crippen molar-refractivity contribution < 1.29 is 19.0 Å².